The summed E-state index contributed by atoms with van der Waals surface area (Å²) < 4.78 is 5.46. The number of benzene rings is 1. The molecule has 15 heavy (non-hydrogen) atoms. The summed E-state index contributed by atoms with van der Waals surface area (Å²) in [6.45, 7) is 2.49. The Labute approximate surface area is 92.4 Å². The van der Waals surface area contributed by atoms with Gasteiger partial charge in [0.1, 0.15) is 5.52 Å². The van der Waals surface area contributed by atoms with Crippen molar-refractivity contribution in [3.63, 3.8) is 0 Å². The lowest BCUT2D eigenvalue weighted by atomic mass is 10.3. The van der Waals surface area contributed by atoms with Gasteiger partial charge in [-0.1, -0.05) is 11.6 Å². The van der Waals surface area contributed by atoms with Gasteiger partial charge in [0, 0.05) is 23.7 Å². The van der Waals surface area contributed by atoms with E-state index in [1.54, 1.807) is 12.1 Å². The van der Waals surface area contributed by atoms with Crippen LogP contribution in [0.4, 0.5) is 6.01 Å². The third-order valence-electron chi connectivity index (χ3n) is 2.07. The summed E-state index contributed by atoms with van der Waals surface area (Å²) in [7, 11) is 0. The van der Waals surface area contributed by atoms with E-state index in [-0.39, 0.29) is 6.04 Å². The Hall–Kier alpha value is -1.26. The number of nitrogens with two attached hydrogens (primary N) is 1. The van der Waals surface area contributed by atoms with Gasteiger partial charge in [-0.2, -0.15) is 4.98 Å². The van der Waals surface area contributed by atoms with Gasteiger partial charge < -0.3 is 15.5 Å². The van der Waals surface area contributed by atoms with Crippen LogP contribution in [0.15, 0.2) is 22.6 Å². The van der Waals surface area contributed by atoms with E-state index in [0.29, 0.717) is 23.2 Å². The number of halogens is 1. The Morgan fingerprint density at radius 2 is 2.40 bits per heavy atom. The zero-order valence-corrected chi connectivity index (χ0v) is 9.08. The number of nitrogens with one attached hydrogen (secondary N) is 1. The molecule has 0 aliphatic heterocycles. The van der Waals surface area contributed by atoms with E-state index in [1.807, 2.05) is 13.0 Å². The van der Waals surface area contributed by atoms with Crippen LogP contribution < -0.4 is 11.1 Å². The lowest BCUT2D eigenvalue weighted by Gasteiger charge is -2.07. The average molecular weight is 226 g/mol. The first kappa shape index (κ1) is 10.3. The van der Waals surface area contributed by atoms with Crippen LogP contribution in [0.3, 0.4) is 0 Å². The zero-order valence-electron chi connectivity index (χ0n) is 8.33. The fraction of sp³-hybridized carbons (Fsp3) is 0.300. The molecule has 4 nitrogen and oxygen atoms in total. The fourth-order valence-corrected chi connectivity index (χ4v) is 1.39. The van der Waals surface area contributed by atoms with Crippen molar-refractivity contribution in [2.45, 2.75) is 13.0 Å². The second-order valence-corrected chi connectivity index (χ2v) is 3.85. The molecule has 1 heterocycles. The second kappa shape index (κ2) is 4.08. The summed E-state index contributed by atoms with van der Waals surface area (Å²) in [5, 5.41) is 3.69. The maximum absolute atomic E-state index is 5.83. The number of fused-ring (bicyclic) bond motifs is 1. The Morgan fingerprint density at radius 1 is 1.60 bits per heavy atom. The molecule has 0 spiro atoms. The van der Waals surface area contributed by atoms with Crippen molar-refractivity contribution >= 4 is 28.7 Å². The third-order valence-corrected chi connectivity index (χ3v) is 2.31. The summed E-state index contributed by atoms with van der Waals surface area (Å²) in [6, 6.07) is 5.95. The molecule has 2 aromatic rings. The van der Waals surface area contributed by atoms with Crippen molar-refractivity contribution in [2.75, 3.05) is 11.9 Å². The van der Waals surface area contributed by atoms with E-state index in [2.05, 4.69) is 10.3 Å². The monoisotopic (exact) mass is 225 g/mol. The van der Waals surface area contributed by atoms with E-state index < -0.39 is 0 Å². The van der Waals surface area contributed by atoms with Crippen LogP contribution in [0.2, 0.25) is 5.02 Å². The normalized spacial score (nSPS) is 13.0. The van der Waals surface area contributed by atoms with Gasteiger partial charge in [0.2, 0.25) is 0 Å². The number of rotatable bonds is 3. The molecular formula is C10H12ClN3O. The van der Waals surface area contributed by atoms with Crippen LogP contribution >= 0.6 is 11.6 Å². The van der Waals surface area contributed by atoms with Crippen molar-refractivity contribution < 1.29 is 4.42 Å². The first-order chi connectivity index (χ1) is 7.19. The first-order valence-electron chi connectivity index (χ1n) is 4.71. The van der Waals surface area contributed by atoms with E-state index in [0.717, 1.165) is 5.52 Å². The molecular weight excluding hydrogens is 214 g/mol. The molecule has 0 fully saturated rings. The quantitative estimate of drug-likeness (QED) is 0.841. The first-order valence-corrected chi connectivity index (χ1v) is 5.09. The molecule has 1 atom stereocenters. The van der Waals surface area contributed by atoms with Crippen LogP contribution in [0.5, 0.6) is 0 Å². The minimum absolute atomic E-state index is 0.133. The van der Waals surface area contributed by atoms with Crippen LogP contribution in [-0.4, -0.2) is 17.6 Å². The molecule has 0 aliphatic rings. The van der Waals surface area contributed by atoms with Crippen molar-refractivity contribution in [3.8, 4) is 0 Å². The largest absolute Gasteiger partial charge is 0.423 e. The predicted octanol–water partition coefficient (Wildman–Crippen LogP) is 2.24. The van der Waals surface area contributed by atoms with Crippen LogP contribution in [0.25, 0.3) is 11.1 Å². The molecule has 1 aromatic heterocycles. The highest BCUT2D eigenvalue weighted by molar-refractivity contribution is 6.31. The molecule has 0 radical (unpaired) electrons. The number of nitrogens with zero attached hydrogens (tertiary/aromatic N) is 1. The van der Waals surface area contributed by atoms with Gasteiger partial charge in [0.05, 0.1) is 0 Å². The van der Waals surface area contributed by atoms with Gasteiger partial charge in [-0.3, -0.25) is 0 Å². The Balaban J connectivity index is 2.30. The molecule has 1 aromatic carbocycles. The van der Waals surface area contributed by atoms with Gasteiger partial charge >= 0.3 is 0 Å². The molecule has 5 heteroatoms. The highest BCUT2D eigenvalue weighted by Gasteiger charge is 2.07. The lowest BCUT2D eigenvalue weighted by Crippen LogP contribution is -2.25. The maximum Gasteiger partial charge on any atom is 0.295 e. The van der Waals surface area contributed by atoms with Gasteiger partial charge in [-0.25, -0.2) is 0 Å². The minimum Gasteiger partial charge on any atom is -0.423 e. The van der Waals surface area contributed by atoms with E-state index in [4.69, 9.17) is 21.8 Å². The van der Waals surface area contributed by atoms with E-state index in [1.165, 1.54) is 0 Å². The Morgan fingerprint density at radius 3 is 3.13 bits per heavy atom. The number of hydrogen-bond donors (Lipinski definition) is 2. The fourth-order valence-electron chi connectivity index (χ4n) is 1.23. The molecule has 2 rings (SSSR count). The van der Waals surface area contributed by atoms with Gasteiger partial charge in [-0.15, -0.1) is 0 Å². The standard InChI is InChI=1S/C10H12ClN3O/c1-6(5-12)13-10-14-8-3-2-7(11)4-9(8)15-10/h2-4,6H,5,12H2,1H3,(H,13,14). The van der Waals surface area contributed by atoms with Crippen molar-refractivity contribution in [3.05, 3.63) is 23.2 Å². The summed E-state index contributed by atoms with van der Waals surface area (Å²) in [5.41, 5.74) is 6.94. The van der Waals surface area contributed by atoms with Crippen LogP contribution in [-0.2, 0) is 0 Å². The van der Waals surface area contributed by atoms with Crippen LogP contribution in [0.1, 0.15) is 6.92 Å². The predicted molar refractivity (Wildman–Crippen MR) is 61.2 cm³/mol. The minimum atomic E-state index is 0.133. The summed E-state index contributed by atoms with van der Waals surface area (Å²) >= 11 is 5.83. The Bertz CT molecular complexity index is 469. The molecule has 3 N–H and O–H groups in total. The molecule has 1 unspecified atom stereocenters. The number of hydrogen-bond acceptors (Lipinski definition) is 4. The SMILES string of the molecule is CC(CN)Nc1nc2ccc(Cl)cc2o1. The molecule has 0 aliphatic carbocycles. The van der Waals surface area contributed by atoms with Crippen molar-refractivity contribution in [2.24, 2.45) is 5.73 Å². The lowest BCUT2D eigenvalue weighted by molar-refractivity contribution is 0.601. The highest BCUT2D eigenvalue weighted by Crippen LogP contribution is 2.22. The van der Waals surface area contributed by atoms with E-state index in [9.17, 15) is 0 Å². The smallest absolute Gasteiger partial charge is 0.295 e. The zero-order chi connectivity index (χ0) is 10.8. The maximum atomic E-state index is 5.83. The molecule has 0 saturated carbocycles. The molecule has 0 saturated heterocycles. The van der Waals surface area contributed by atoms with Gasteiger partial charge in [0.15, 0.2) is 5.58 Å². The van der Waals surface area contributed by atoms with Gasteiger partial charge in [0.25, 0.3) is 6.01 Å². The third kappa shape index (κ3) is 2.22. The average Bonchev–Trinajstić information content (AvgIpc) is 2.59. The van der Waals surface area contributed by atoms with E-state index >= 15 is 0 Å². The second-order valence-electron chi connectivity index (χ2n) is 3.41. The van der Waals surface area contributed by atoms with Gasteiger partial charge in [-0.05, 0) is 19.1 Å². The summed E-state index contributed by atoms with van der Waals surface area (Å²) in [5.74, 6) is 0. The summed E-state index contributed by atoms with van der Waals surface area (Å²) in [4.78, 5) is 4.25. The molecule has 0 bridgehead atoms. The highest BCUT2D eigenvalue weighted by atomic mass is 35.5. The number of oxazole rings is 1. The summed E-state index contributed by atoms with van der Waals surface area (Å²) in [6.07, 6.45) is 0. The van der Waals surface area contributed by atoms with Crippen LogP contribution in [0, 0.1) is 0 Å². The molecule has 0 amide bonds. The van der Waals surface area contributed by atoms with Crippen molar-refractivity contribution in [1.29, 1.82) is 0 Å². The number of aromatic nitrogens is 1. The van der Waals surface area contributed by atoms with Crippen molar-refractivity contribution in [1.82, 2.24) is 4.98 Å². The number of anilines is 1. The Kier molecular flexibility index (Phi) is 2.79. The topological polar surface area (TPSA) is 64.1 Å². The molecule has 80 valence electrons.